The zero-order chi connectivity index (χ0) is 16.1. The monoisotopic (exact) mass is 317 g/mol. The highest BCUT2D eigenvalue weighted by molar-refractivity contribution is 5.74. The third kappa shape index (κ3) is 4.45. The molecule has 2 amide bonds. The lowest BCUT2D eigenvalue weighted by molar-refractivity contribution is 0.104. The molecule has 2 saturated heterocycles. The van der Waals surface area contributed by atoms with E-state index in [0.29, 0.717) is 6.54 Å². The fraction of sp³-hybridized carbons (Fsp3) is 0.611. The summed E-state index contributed by atoms with van der Waals surface area (Å²) in [6, 6.07) is 8.57. The third-order valence-electron chi connectivity index (χ3n) is 4.82. The van der Waals surface area contributed by atoms with E-state index in [0.717, 1.165) is 52.2 Å². The van der Waals surface area contributed by atoms with Crippen LogP contribution in [0.3, 0.4) is 0 Å². The highest BCUT2D eigenvalue weighted by atomic mass is 16.5. The van der Waals surface area contributed by atoms with E-state index in [-0.39, 0.29) is 12.1 Å². The van der Waals surface area contributed by atoms with Crippen LogP contribution in [0.25, 0.3) is 0 Å². The number of nitrogens with zero attached hydrogens (tertiary/aromatic N) is 2. The lowest BCUT2D eigenvalue weighted by Gasteiger charge is -2.35. The van der Waals surface area contributed by atoms with Crippen LogP contribution in [0.1, 0.15) is 24.0 Å². The zero-order valence-corrected chi connectivity index (χ0v) is 14.0. The SMILES string of the molecule is Cc1ccccc1CN1CCN(C(=O)NCC2CCCO2)CC1. The third-order valence-corrected chi connectivity index (χ3v) is 4.82. The molecule has 5 nitrogen and oxygen atoms in total. The summed E-state index contributed by atoms with van der Waals surface area (Å²) >= 11 is 0. The van der Waals surface area contributed by atoms with Gasteiger partial charge in [0, 0.05) is 45.9 Å². The normalized spacial score (nSPS) is 22.3. The first-order chi connectivity index (χ1) is 11.2. The number of nitrogens with one attached hydrogen (secondary N) is 1. The molecular weight excluding hydrogens is 290 g/mol. The second kappa shape index (κ2) is 7.79. The van der Waals surface area contributed by atoms with E-state index in [1.807, 2.05) is 4.90 Å². The first-order valence-electron chi connectivity index (χ1n) is 8.63. The standard InChI is InChI=1S/C18H27N3O2/c1-15-5-2-3-6-16(15)14-20-8-10-21(11-9-20)18(22)19-13-17-7-4-12-23-17/h2-3,5-6,17H,4,7-14H2,1H3,(H,19,22). The lowest BCUT2D eigenvalue weighted by Crippen LogP contribution is -2.52. The first kappa shape index (κ1) is 16.3. The molecule has 0 radical (unpaired) electrons. The van der Waals surface area contributed by atoms with Crippen LogP contribution in [0.5, 0.6) is 0 Å². The highest BCUT2D eigenvalue weighted by Gasteiger charge is 2.23. The molecule has 0 spiro atoms. The number of piperazine rings is 1. The maximum absolute atomic E-state index is 12.2. The number of carbonyl (C=O) groups excluding carboxylic acids is 1. The summed E-state index contributed by atoms with van der Waals surface area (Å²) in [5.74, 6) is 0. The van der Waals surface area contributed by atoms with E-state index in [1.54, 1.807) is 0 Å². The van der Waals surface area contributed by atoms with Gasteiger partial charge in [-0.15, -0.1) is 0 Å². The van der Waals surface area contributed by atoms with Gasteiger partial charge in [0.15, 0.2) is 0 Å². The molecule has 1 unspecified atom stereocenters. The number of ether oxygens (including phenoxy) is 1. The highest BCUT2D eigenvalue weighted by Crippen LogP contribution is 2.13. The van der Waals surface area contributed by atoms with Crippen molar-refractivity contribution in [3.63, 3.8) is 0 Å². The Kier molecular flexibility index (Phi) is 5.51. The molecule has 3 rings (SSSR count). The van der Waals surface area contributed by atoms with Crippen LogP contribution >= 0.6 is 0 Å². The minimum absolute atomic E-state index is 0.0519. The van der Waals surface area contributed by atoms with Gasteiger partial charge in [0.05, 0.1) is 6.10 Å². The molecule has 0 aliphatic carbocycles. The molecule has 1 N–H and O–H groups in total. The van der Waals surface area contributed by atoms with Crippen LogP contribution < -0.4 is 5.32 Å². The van der Waals surface area contributed by atoms with Crippen molar-refractivity contribution in [1.29, 1.82) is 0 Å². The Morgan fingerprint density at radius 1 is 1.26 bits per heavy atom. The van der Waals surface area contributed by atoms with Gasteiger partial charge in [0.1, 0.15) is 0 Å². The van der Waals surface area contributed by atoms with Gasteiger partial charge in [-0.25, -0.2) is 4.79 Å². The summed E-state index contributed by atoms with van der Waals surface area (Å²) in [7, 11) is 0. The van der Waals surface area contributed by atoms with Crippen LogP contribution in [0.4, 0.5) is 4.79 Å². The zero-order valence-electron chi connectivity index (χ0n) is 14.0. The number of amides is 2. The molecule has 2 aliphatic heterocycles. The molecule has 1 aromatic carbocycles. The van der Waals surface area contributed by atoms with E-state index in [2.05, 4.69) is 41.4 Å². The predicted octanol–water partition coefficient (Wildman–Crippen LogP) is 2.00. The van der Waals surface area contributed by atoms with Gasteiger partial charge in [-0.2, -0.15) is 0 Å². The van der Waals surface area contributed by atoms with Gasteiger partial charge in [-0.1, -0.05) is 24.3 Å². The molecule has 0 bridgehead atoms. The van der Waals surface area contributed by atoms with Gasteiger partial charge in [-0.3, -0.25) is 4.90 Å². The minimum atomic E-state index is 0.0519. The molecule has 1 atom stereocenters. The van der Waals surface area contributed by atoms with Gasteiger partial charge >= 0.3 is 6.03 Å². The maximum atomic E-state index is 12.2. The second-order valence-corrected chi connectivity index (χ2v) is 6.51. The number of benzene rings is 1. The predicted molar refractivity (Wildman–Crippen MR) is 90.4 cm³/mol. The van der Waals surface area contributed by atoms with E-state index in [1.165, 1.54) is 11.1 Å². The number of rotatable bonds is 4. The first-order valence-corrected chi connectivity index (χ1v) is 8.63. The molecule has 2 fully saturated rings. The average Bonchev–Trinajstić information content (AvgIpc) is 3.09. The number of carbonyl (C=O) groups is 1. The van der Waals surface area contributed by atoms with Crippen molar-refractivity contribution in [2.45, 2.75) is 32.4 Å². The van der Waals surface area contributed by atoms with Crippen LogP contribution in [-0.2, 0) is 11.3 Å². The van der Waals surface area contributed by atoms with Crippen molar-refractivity contribution in [2.24, 2.45) is 0 Å². The fourth-order valence-corrected chi connectivity index (χ4v) is 3.26. The molecule has 126 valence electrons. The molecular formula is C18H27N3O2. The Labute approximate surface area is 138 Å². The number of aryl methyl sites for hydroxylation is 1. The molecule has 0 aromatic heterocycles. The quantitative estimate of drug-likeness (QED) is 0.924. The Morgan fingerprint density at radius 2 is 2.04 bits per heavy atom. The van der Waals surface area contributed by atoms with Crippen LogP contribution in [-0.4, -0.2) is 61.3 Å². The van der Waals surface area contributed by atoms with Gasteiger partial charge in [0.2, 0.25) is 0 Å². The van der Waals surface area contributed by atoms with Crippen molar-refractivity contribution in [3.05, 3.63) is 35.4 Å². The smallest absolute Gasteiger partial charge is 0.317 e. The fourth-order valence-electron chi connectivity index (χ4n) is 3.26. The minimum Gasteiger partial charge on any atom is -0.376 e. The Bertz CT molecular complexity index is 521. The van der Waals surface area contributed by atoms with Crippen molar-refractivity contribution in [1.82, 2.24) is 15.1 Å². The Balaban J connectivity index is 1.41. The summed E-state index contributed by atoms with van der Waals surface area (Å²) in [5.41, 5.74) is 2.72. The maximum Gasteiger partial charge on any atom is 0.317 e. The Hall–Kier alpha value is -1.59. The summed E-state index contributed by atoms with van der Waals surface area (Å²) < 4.78 is 5.54. The molecule has 1 aromatic rings. The summed E-state index contributed by atoms with van der Waals surface area (Å²) in [6.45, 7) is 8.05. The summed E-state index contributed by atoms with van der Waals surface area (Å²) in [5, 5.41) is 3.01. The summed E-state index contributed by atoms with van der Waals surface area (Å²) in [4.78, 5) is 16.6. The van der Waals surface area contributed by atoms with Gasteiger partial charge in [0.25, 0.3) is 0 Å². The van der Waals surface area contributed by atoms with Gasteiger partial charge in [-0.05, 0) is 30.9 Å². The van der Waals surface area contributed by atoms with Crippen molar-refractivity contribution < 1.29 is 9.53 Å². The van der Waals surface area contributed by atoms with Crippen molar-refractivity contribution in [3.8, 4) is 0 Å². The summed E-state index contributed by atoms with van der Waals surface area (Å²) in [6.07, 6.45) is 2.38. The topological polar surface area (TPSA) is 44.8 Å². The van der Waals surface area contributed by atoms with Crippen LogP contribution in [0.15, 0.2) is 24.3 Å². The van der Waals surface area contributed by atoms with Crippen molar-refractivity contribution >= 4 is 6.03 Å². The molecule has 2 aliphatic rings. The number of urea groups is 1. The van der Waals surface area contributed by atoms with E-state index < -0.39 is 0 Å². The van der Waals surface area contributed by atoms with E-state index >= 15 is 0 Å². The van der Waals surface area contributed by atoms with Crippen LogP contribution in [0, 0.1) is 6.92 Å². The molecule has 23 heavy (non-hydrogen) atoms. The average molecular weight is 317 g/mol. The molecule has 2 heterocycles. The van der Waals surface area contributed by atoms with E-state index in [9.17, 15) is 4.79 Å². The van der Waals surface area contributed by atoms with Crippen LogP contribution in [0.2, 0.25) is 0 Å². The molecule has 5 heteroatoms. The van der Waals surface area contributed by atoms with E-state index in [4.69, 9.17) is 4.74 Å². The lowest BCUT2D eigenvalue weighted by atomic mass is 10.1. The second-order valence-electron chi connectivity index (χ2n) is 6.51. The van der Waals surface area contributed by atoms with Crippen molar-refractivity contribution in [2.75, 3.05) is 39.3 Å². The van der Waals surface area contributed by atoms with Gasteiger partial charge < -0.3 is 15.0 Å². The number of hydrogen-bond donors (Lipinski definition) is 1. The molecule has 0 saturated carbocycles. The number of hydrogen-bond acceptors (Lipinski definition) is 3. The Morgan fingerprint density at radius 3 is 2.74 bits per heavy atom. The largest absolute Gasteiger partial charge is 0.376 e.